The van der Waals surface area contributed by atoms with E-state index in [0.717, 1.165) is 30.0 Å². The van der Waals surface area contributed by atoms with E-state index in [0.29, 0.717) is 38.4 Å². The smallest absolute Gasteiger partial charge is 0.227 e. The number of hydrogen-bond acceptors (Lipinski definition) is 7. The molecule has 4 heterocycles. The van der Waals surface area contributed by atoms with Crippen LogP contribution in [0.4, 0.5) is 11.8 Å². The zero-order valence-electron chi connectivity index (χ0n) is 15.0. The highest BCUT2D eigenvalue weighted by atomic mass is 16.3. The van der Waals surface area contributed by atoms with Gasteiger partial charge in [0.1, 0.15) is 11.4 Å². The molecular formula is C19H25N5O2. The highest BCUT2D eigenvalue weighted by Crippen LogP contribution is 2.33. The van der Waals surface area contributed by atoms with Crippen LogP contribution in [-0.2, 0) is 5.60 Å². The van der Waals surface area contributed by atoms with Crippen LogP contribution in [0.25, 0.3) is 0 Å². The maximum Gasteiger partial charge on any atom is 0.227 e. The third-order valence-electron chi connectivity index (χ3n) is 5.38. The maximum atomic E-state index is 11.0. The molecule has 7 nitrogen and oxygen atoms in total. The molecule has 0 spiro atoms. The van der Waals surface area contributed by atoms with Crippen LogP contribution in [0.1, 0.15) is 30.5 Å². The average molecular weight is 355 g/mol. The van der Waals surface area contributed by atoms with E-state index >= 15 is 0 Å². The molecule has 2 N–H and O–H groups in total. The Morgan fingerprint density at radius 3 is 2.54 bits per heavy atom. The number of anilines is 2. The molecule has 0 aliphatic carbocycles. The lowest BCUT2D eigenvalue weighted by Crippen LogP contribution is -2.43. The maximum absolute atomic E-state index is 11.0. The molecule has 2 aromatic rings. The third kappa shape index (κ3) is 3.37. The topological polar surface area (TPSA) is 85.6 Å². The summed E-state index contributed by atoms with van der Waals surface area (Å²) in [6, 6.07) is 5.79. The first-order valence-electron chi connectivity index (χ1n) is 9.20. The zero-order valence-corrected chi connectivity index (χ0v) is 15.0. The molecule has 0 unspecified atom stereocenters. The molecule has 7 heteroatoms. The van der Waals surface area contributed by atoms with Crippen molar-refractivity contribution in [1.82, 2.24) is 15.0 Å². The van der Waals surface area contributed by atoms with Crippen molar-refractivity contribution in [1.29, 1.82) is 0 Å². The van der Waals surface area contributed by atoms with E-state index in [-0.39, 0.29) is 6.10 Å². The van der Waals surface area contributed by atoms with Crippen molar-refractivity contribution < 1.29 is 10.2 Å². The SMILES string of the molecule is Cc1ccc(C2(O)CCN(c3nccc(N4CC[C@H](O)C4)n3)CC2)nc1. The van der Waals surface area contributed by atoms with Crippen molar-refractivity contribution in [2.24, 2.45) is 0 Å². The Kier molecular flexibility index (Phi) is 4.50. The van der Waals surface area contributed by atoms with Gasteiger partial charge in [-0.25, -0.2) is 4.98 Å². The molecule has 2 aliphatic rings. The van der Waals surface area contributed by atoms with Crippen molar-refractivity contribution >= 4 is 11.8 Å². The second-order valence-electron chi connectivity index (χ2n) is 7.34. The van der Waals surface area contributed by atoms with Gasteiger partial charge in [-0.05, 0) is 43.9 Å². The lowest BCUT2D eigenvalue weighted by molar-refractivity contribution is 0.00736. The van der Waals surface area contributed by atoms with Gasteiger partial charge in [-0.1, -0.05) is 6.07 Å². The first-order valence-corrected chi connectivity index (χ1v) is 9.20. The number of rotatable bonds is 3. The molecule has 2 aliphatic heterocycles. The molecule has 26 heavy (non-hydrogen) atoms. The van der Waals surface area contributed by atoms with Gasteiger partial charge in [0.25, 0.3) is 0 Å². The van der Waals surface area contributed by atoms with Gasteiger partial charge in [-0.2, -0.15) is 4.98 Å². The van der Waals surface area contributed by atoms with E-state index in [1.54, 1.807) is 12.4 Å². The Labute approximate surface area is 153 Å². The highest BCUT2D eigenvalue weighted by Gasteiger charge is 2.36. The van der Waals surface area contributed by atoms with E-state index in [4.69, 9.17) is 0 Å². The van der Waals surface area contributed by atoms with E-state index in [1.807, 2.05) is 25.1 Å². The molecule has 0 saturated carbocycles. The number of aryl methyl sites for hydroxylation is 1. The van der Waals surface area contributed by atoms with Gasteiger partial charge in [0.2, 0.25) is 5.95 Å². The van der Waals surface area contributed by atoms with Crippen molar-refractivity contribution in [2.75, 3.05) is 36.0 Å². The standard InChI is InChI=1S/C19H25N5O2/c1-14-2-3-16(21-12-14)19(26)6-10-23(11-7-19)18-20-8-4-17(22-18)24-9-5-15(25)13-24/h2-4,8,12,15,25-26H,5-7,9-11,13H2,1H3/t15-/m0/s1. The minimum absolute atomic E-state index is 0.277. The largest absolute Gasteiger partial charge is 0.391 e. The summed E-state index contributed by atoms with van der Waals surface area (Å²) >= 11 is 0. The van der Waals surface area contributed by atoms with Crippen molar-refractivity contribution in [3.05, 3.63) is 41.9 Å². The van der Waals surface area contributed by atoms with Gasteiger partial charge in [0, 0.05) is 38.6 Å². The second kappa shape index (κ2) is 6.81. The fraction of sp³-hybridized carbons (Fsp3) is 0.526. The number of aliphatic hydroxyl groups excluding tert-OH is 1. The molecule has 2 aromatic heterocycles. The summed E-state index contributed by atoms with van der Waals surface area (Å²) in [5.41, 5.74) is 0.941. The van der Waals surface area contributed by atoms with Crippen LogP contribution in [0.15, 0.2) is 30.6 Å². The first kappa shape index (κ1) is 17.2. The number of β-amino-alcohol motifs (C(OH)–C–C–N with tert-alkyl or cyclic N) is 1. The zero-order chi connectivity index (χ0) is 18.1. The molecule has 0 radical (unpaired) electrons. The van der Waals surface area contributed by atoms with Gasteiger partial charge in [0.05, 0.1) is 11.8 Å². The minimum atomic E-state index is -0.888. The summed E-state index contributed by atoms with van der Waals surface area (Å²) in [5, 5.41) is 20.7. The number of nitrogens with zero attached hydrogens (tertiary/aromatic N) is 5. The quantitative estimate of drug-likeness (QED) is 0.857. The van der Waals surface area contributed by atoms with Crippen molar-refractivity contribution in [2.45, 2.75) is 37.9 Å². The number of piperidine rings is 1. The van der Waals surface area contributed by atoms with Crippen LogP contribution < -0.4 is 9.80 Å². The van der Waals surface area contributed by atoms with Crippen LogP contribution in [0, 0.1) is 6.92 Å². The summed E-state index contributed by atoms with van der Waals surface area (Å²) in [6.45, 7) is 4.79. The summed E-state index contributed by atoms with van der Waals surface area (Å²) in [6.07, 6.45) is 5.26. The van der Waals surface area contributed by atoms with Gasteiger partial charge >= 0.3 is 0 Å². The fourth-order valence-electron chi connectivity index (χ4n) is 3.69. The molecule has 4 rings (SSSR count). The average Bonchev–Trinajstić information content (AvgIpc) is 3.09. The first-order chi connectivity index (χ1) is 12.5. The van der Waals surface area contributed by atoms with E-state index in [1.165, 1.54) is 0 Å². The molecule has 2 fully saturated rings. The second-order valence-corrected chi connectivity index (χ2v) is 7.34. The Morgan fingerprint density at radius 2 is 1.88 bits per heavy atom. The van der Waals surface area contributed by atoms with Crippen LogP contribution in [0.2, 0.25) is 0 Å². The van der Waals surface area contributed by atoms with E-state index < -0.39 is 5.60 Å². The van der Waals surface area contributed by atoms with Gasteiger partial charge < -0.3 is 20.0 Å². The van der Waals surface area contributed by atoms with Crippen LogP contribution in [-0.4, -0.2) is 57.4 Å². The third-order valence-corrected chi connectivity index (χ3v) is 5.38. The predicted molar refractivity (Wildman–Crippen MR) is 99.2 cm³/mol. The Hall–Kier alpha value is -2.25. The summed E-state index contributed by atoms with van der Waals surface area (Å²) in [7, 11) is 0. The van der Waals surface area contributed by atoms with E-state index in [9.17, 15) is 10.2 Å². The summed E-state index contributed by atoms with van der Waals surface area (Å²) in [4.78, 5) is 17.7. The monoisotopic (exact) mass is 355 g/mol. The highest BCUT2D eigenvalue weighted by molar-refractivity contribution is 5.45. The number of aromatic nitrogens is 3. The summed E-state index contributed by atoms with van der Waals surface area (Å²) in [5.74, 6) is 1.54. The number of aliphatic hydroxyl groups is 2. The van der Waals surface area contributed by atoms with Crippen molar-refractivity contribution in [3.63, 3.8) is 0 Å². The molecule has 1 atom stereocenters. The van der Waals surface area contributed by atoms with Gasteiger partial charge in [0.15, 0.2) is 0 Å². The van der Waals surface area contributed by atoms with E-state index in [2.05, 4.69) is 24.8 Å². The van der Waals surface area contributed by atoms with Gasteiger partial charge in [-0.15, -0.1) is 0 Å². The van der Waals surface area contributed by atoms with Crippen LogP contribution >= 0.6 is 0 Å². The normalized spacial score (nSPS) is 22.7. The molecule has 138 valence electrons. The lowest BCUT2D eigenvalue weighted by atomic mass is 9.87. The molecule has 0 amide bonds. The van der Waals surface area contributed by atoms with Crippen molar-refractivity contribution in [3.8, 4) is 0 Å². The minimum Gasteiger partial charge on any atom is -0.391 e. The molecule has 0 bridgehead atoms. The summed E-state index contributed by atoms with van der Waals surface area (Å²) < 4.78 is 0. The van der Waals surface area contributed by atoms with Crippen LogP contribution in [0.3, 0.4) is 0 Å². The number of hydrogen-bond donors (Lipinski definition) is 2. The number of pyridine rings is 1. The Bertz CT molecular complexity index is 759. The fourth-order valence-corrected chi connectivity index (χ4v) is 3.69. The Morgan fingerprint density at radius 1 is 1.08 bits per heavy atom. The predicted octanol–water partition coefficient (Wildman–Crippen LogP) is 1.24. The molecular weight excluding hydrogens is 330 g/mol. The lowest BCUT2D eigenvalue weighted by Gasteiger charge is -2.38. The van der Waals surface area contributed by atoms with Crippen LogP contribution in [0.5, 0.6) is 0 Å². The van der Waals surface area contributed by atoms with Gasteiger partial charge in [-0.3, -0.25) is 4.98 Å². The Balaban J connectivity index is 1.45. The molecule has 2 saturated heterocycles. The molecule has 0 aromatic carbocycles.